The summed E-state index contributed by atoms with van der Waals surface area (Å²) in [7, 11) is 8.27. The fraction of sp³-hybridized carbons (Fsp3) is 0.455. The lowest BCUT2D eigenvalue weighted by atomic mass is 10.2. The molecule has 0 amide bonds. The molecule has 1 rings (SSSR count). The summed E-state index contributed by atoms with van der Waals surface area (Å²) in [6.45, 7) is 0.961. The fourth-order valence-corrected chi connectivity index (χ4v) is 2.12. The highest BCUT2D eigenvalue weighted by atomic mass is 79.9. The van der Waals surface area contributed by atoms with Crippen LogP contribution in [0.2, 0.25) is 0 Å². The lowest BCUT2D eigenvalue weighted by molar-refractivity contribution is 0.401. The largest absolute Gasteiger partial charge is 0.377 e. The van der Waals surface area contributed by atoms with Crippen LogP contribution in [-0.4, -0.2) is 33.1 Å². The van der Waals surface area contributed by atoms with Gasteiger partial charge in [0.2, 0.25) is 0 Å². The van der Waals surface area contributed by atoms with Gasteiger partial charge >= 0.3 is 0 Å². The van der Waals surface area contributed by atoms with Crippen molar-refractivity contribution in [3.05, 3.63) is 28.2 Å². The molecule has 0 unspecified atom stereocenters. The summed E-state index contributed by atoms with van der Waals surface area (Å²) in [5.74, 6) is 0. The summed E-state index contributed by atoms with van der Waals surface area (Å²) in [4.78, 5) is 4.28. The second-order valence-electron chi connectivity index (χ2n) is 3.88. The van der Waals surface area contributed by atoms with Crippen LogP contribution in [0.15, 0.2) is 22.7 Å². The van der Waals surface area contributed by atoms with Gasteiger partial charge in [0.15, 0.2) is 0 Å². The molecule has 78 valence electrons. The minimum Gasteiger partial charge on any atom is -0.377 e. The Hall–Kier alpha value is -0.540. The Morgan fingerprint density at radius 3 is 2.29 bits per heavy atom. The van der Waals surface area contributed by atoms with Crippen molar-refractivity contribution >= 4 is 21.6 Å². The van der Waals surface area contributed by atoms with Crippen molar-refractivity contribution in [2.75, 3.05) is 33.1 Å². The van der Waals surface area contributed by atoms with Crippen molar-refractivity contribution in [3.8, 4) is 0 Å². The molecule has 0 aliphatic rings. The highest BCUT2D eigenvalue weighted by Crippen LogP contribution is 2.28. The van der Waals surface area contributed by atoms with Crippen molar-refractivity contribution in [1.82, 2.24) is 4.90 Å². The molecular formula is C11H17BrN2. The van der Waals surface area contributed by atoms with E-state index in [2.05, 4.69) is 72.1 Å². The van der Waals surface area contributed by atoms with Crippen LogP contribution < -0.4 is 4.90 Å². The van der Waals surface area contributed by atoms with Gasteiger partial charge in [0.1, 0.15) is 0 Å². The average Bonchev–Trinajstić information content (AvgIpc) is 2.07. The van der Waals surface area contributed by atoms with E-state index in [-0.39, 0.29) is 0 Å². The third-order valence-corrected chi connectivity index (χ3v) is 2.94. The molecule has 0 aliphatic heterocycles. The molecule has 0 saturated heterocycles. The van der Waals surface area contributed by atoms with Gasteiger partial charge in [-0.2, -0.15) is 0 Å². The van der Waals surface area contributed by atoms with E-state index in [0.717, 1.165) is 6.54 Å². The number of hydrogen-bond donors (Lipinski definition) is 0. The van der Waals surface area contributed by atoms with E-state index >= 15 is 0 Å². The molecule has 14 heavy (non-hydrogen) atoms. The van der Waals surface area contributed by atoms with E-state index in [1.165, 1.54) is 15.7 Å². The van der Waals surface area contributed by atoms with Crippen LogP contribution in [0.3, 0.4) is 0 Å². The summed E-state index contributed by atoms with van der Waals surface area (Å²) in [6.07, 6.45) is 0. The van der Waals surface area contributed by atoms with Gasteiger partial charge in [-0.05, 0) is 41.7 Å². The molecule has 0 fully saturated rings. The Bertz CT molecular complexity index is 308. The van der Waals surface area contributed by atoms with Gasteiger partial charge in [-0.25, -0.2) is 0 Å². The number of hydrogen-bond acceptors (Lipinski definition) is 2. The maximum absolute atomic E-state index is 3.64. The number of anilines is 1. The molecular weight excluding hydrogens is 240 g/mol. The van der Waals surface area contributed by atoms with Crippen LogP contribution in [0.1, 0.15) is 5.56 Å². The normalized spacial score (nSPS) is 10.7. The predicted octanol–water partition coefficient (Wildman–Crippen LogP) is 2.58. The summed E-state index contributed by atoms with van der Waals surface area (Å²) < 4.78 is 1.19. The molecule has 0 radical (unpaired) electrons. The molecule has 3 heteroatoms. The first-order chi connectivity index (χ1) is 6.52. The van der Waals surface area contributed by atoms with Gasteiger partial charge in [-0.15, -0.1) is 0 Å². The number of halogens is 1. The number of rotatable bonds is 3. The van der Waals surface area contributed by atoms with Gasteiger partial charge in [0.25, 0.3) is 0 Å². The van der Waals surface area contributed by atoms with Crippen molar-refractivity contribution < 1.29 is 0 Å². The number of benzene rings is 1. The molecule has 2 nitrogen and oxygen atoms in total. The molecule has 0 atom stereocenters. The van der Waals surface area contributed by atoms with E-state index < -0.39 is 0 Å². The second-order valence-corrected chi connectivity index (χ2v) is 4.68. The molecule has 0 saturated carbocycles. The van der Waals surface area contributed by atoms with Gasteiger partial charge < -0.3 is 9.80 Å². The van der Waals surface area contributed by atoms with Crippen molar-refractivity contribution in [2.45, 2.75) is 6.54 Å². The monoisotopic (exact) mass is 256 g/mol. The zero-order chi connectivity index (χ0) is 10.7. The third kappa shape index (κ3) is 2.72. The highest BCUT2D eigenvalue weighted by molar-refractivity contribution is 9.10. The smallest absolute Gasteiger partial charge is 0.0508 e. The Morgan fingerprint density at radius 2 is 1.79 bits per heavy atom. The summed E-state index contributed by atoms with van der Waals surface area (Å²) in [5, 5.41) is 0. The minimum atomic E-state index is 0.961. The standard InChI is InChI=1S/C11H17BrN2/c1-13(2)8-9-6-5-7-10(11(9)12)14(3)4/h5-7H,8H2,1-4H3. The van der Waals surface area contributed by atoms with Gasteiger partial charge in [0, 0.05) is 25.1 Å². The number of nitrogens with zero attached hydrogens (tertiary/aromatic N) is 2. The summed E-state index contributed by atoms with van der Waals surface area (Å²) in [5.41, 5.74) is 2.55. The first kappa shape index (κ1) is 11.5. The fourth-order valence-electron chi connectivity index (χ4n) is 1.37. The Kier molecular flexibility index (Phi) is 3.96. The molecule has 0 heterocycles. The lowest BCUT2D eigenvalue weighted by Gasteiger charge is -2.18. The van der Waals surface area contributed by atoms with E-state index in [0.29, 0.717) is 0 Å². The lowest BCUT2D eigenvalue weighted by Crippen LogP contribution is -2.14. The predicted molar refractivity (Wildman–Crippen MR) is 65.9 cm³/mol. The van der Waals surface area contributed by atoms with Crippen LogP contribution >= 0.6 is 15.9 Å². The summed E-state index contributed by atoms with van der Waals surface area (Å²) >= 11 is 3.64. The summed E-state index contributed by atoms with van der Waals surface area (Å²) in [6, 6.07) is 6.36. The average molecular weight is 257 g/mol. The van der Waals surface area contributed by atoms with Crippen LogP contribution in [0.4, 0.5) is 5.69 Å². The second kappa shape index (κ2) is 4.80. The molecule has 0 aliphatic carbocycles. The third-order valence-electron chi connectivity index (χ3n) is 2.03. The van der Waals surface area contributed by atoms with Crippen molar-refractivity contribution in [2.24, 2.45) is 0 Å². The Labute approximate surface area is 94.6 Å². The van der Waals surface area contributed by atoms with E-state index in [9.17, 15) is 0 Å². The minimum absolute atomic E-state index is 0.961. The van der Waals surface area contributed by atoms with E-state index in [1.54, 1.807) is 0 Å². The van der Waals surface area contributed by atoms with Crippen LogP contribution in [0.25, 0.3) is 0 Å². The van der Waals surface area contributed by atoms with Gasteiger partial charge in [-0.3, -0.25) is 0 Å². The maximum Gasteiger partial charge on any atom is 0.0508 e. The van der Waals surface area contributed by atoms with Gasteiger partial charge in [-0.1, -0.05) is 12.1 Å². The van der Waals surface area contributed by atoms with Gasteiger partial charge in [0.05, 0.1) is 5.69 Å². The SMILES string of the molecule is CN(C)Cc1cccc(N(C)C)c1Br. The Balaban J connectivity index is 3.01. The molecule has 1 aromatic carbocycles. The van der Waals surface area contributed by atoms with Crippen LogP contribution in [0, 0.1) is 0 Å². The van der Waals surface area contributed by atoms with Crippen molar-refractivity contribution in [3.63, 3.8) is 0 Å². The first-order valence-electron chi connectivity index (χ1n) is 4.62. The molecule has 1 aromatic rings. The van der Waals surface area contributed by atoms with Crippen LogP contribution in [-0.2, 0) is 6.54 Å². The van der Waals surface area contributed by atoms with Crippen molar-refractivity contribution in [1.29, 1.82) is 0 Å². The topological polar surface area (TPSA) is 6.48 Å². The molecule has 0 bridgehead atoms. The Morgan fingerprint density at radius 1 is 1.14 bits per heavy atom. The zero-order valence-electron chi connectivity index (χ0n) is 9.21. The van der Waals surface area contributed by atoms with E-state index in [4.69, 9.17) is 0 Å². The molecule has 0 aromatic heterocycles. The maximum atomic E-state index is 3.64. The molecule has 0 spiro atoms. The molecule has 0 N–H and O–H groups in total. The quantitative estimate of drug-likeness (QED) is 0.821. The zero-order valence-corrected chi connectivity index (χ0v) is 10.8. The first-order valence-corrected chi connectivity index (χ1v) is 5.41. The van der Waals surface area contributed by atoms with E-state index in [1.807, 2.05) is 0 Å². The van der Waals surface area contributed by atoms with Crippen LogP contribution in [0.5, 0.6) is 0 Å². The highest BCUT2D eigenvalue weighted by Gasteiger charge is 2.07.